The van der Waals surface area contributed by atoms with E-state index in [0.717, 1.165) is 25.7 Å². The first-order chi connectivity index (χ1) is 8.73. The highest BCUT2D eigenvalue weighted by atomic mass is 32.2. The third kappa shape index (κ3) is 1.85. The Kier molecular flexibility index (Phi) is 2.91. The van der Waals surface area contributed by atoms with Crippen molar-refractivity contribution < 1.29 is 4.79 Å². The number of thioether (sulfide) groups is 1. The monoisotopic (exact) mass is 257 g/mol. The highest BCUT2D eigenvalue weighted by Crippen LogP contribution is 2.46. The van der Waals surface area contributed by atoms with Gasteiger partial charge in [-0.1, -0.05) is 18.2 Å². The van der Waals surface area contributed by atoms with Crippen LogP contribution in [-0.2, 0) is 11.2 Å². The van der Waals surface area contributed by atoms with E-state index < -0.39 is 5.41 Å². The number of rotatable bonds is 2. The van der Waals surface area contributed by atoms with E-state index in [9.17, 15) is 10.1 Å². The van der Waals surface area contributed by atoms with Crippen LogP contribution in [0.5, 0.6) is 0 Å². The van der Waals surface area contributed by atoms with Crippen LogP contribution in [0.2, 0.25) is 0 Å². The van der Waals surface area contributed by atoms with E-state index in [1.807, 2.05) is 11.8 Å². The van der Waals surface area contributed by atoms with Crippen molar-refractivity contribution in [3.8, 4) is 6.07 Å². The molecule has 0 bridgehead atoms. The van der Waals surface area contributed by atoms with E-state index in [-0.39, 0.29) is 5.78 Å². The molecule has 18 heavy (non-hydrogen) atoms. The molecule has 3 heteroatoms. The number of benzene rings is 1. The Morgan fingerprint density at radius 1 is 1.44 bits per heavy atom. The number of carbonyl (C=O) groups excluding carboxylic acids is 1. The molecule has 2 aliphatic rings. The molecule has 0 aromatic heterocycles. The van der Waals surface area contributed by atoms with Gasteiger partial charge in [-0.3, -0.25) is 4.79 Å². The minimum atomic E-state index is -0.681. The number of hydrogen-bond acceptors (Lipinski definition) is 3. The molecule has 3 rings (SSSR count). The third-order valence-corrected chi connectivity index (χ3v) is 5.36. The molecular weight excluding hydrogens is 242 g/mol. The van der Waals surface area contributed by atoms with Crippen LogP contribution in [0.3, 0.4) is 0 Å². The molecule has 0 saturated heterocycles. The van der Waals surface area contributed by atoms with Gasteiger partial charge in [-0.25, -0.2) is 0 Å². The maximum atomic E-state index is 12.0. The molecule has 1 aliphatic heterocycles. The molecule has 0 N–H and O–H groups in total. The van der Waals surface area contributed by atoms with E-state index in [1.54, 1.807) is 0 Å². The predicted molar refractivity (Wildman–Crippen MR) is 71.3 cm³/mol. The Morgan fingerprint density at radius 2 is 2.28 bits per heavy atom. The first-order valence-corrected chi connectivity index (χ1v) is 7.31. The van der Waals surface area contributed by atoms with Crippen molar-refractivity contribution in [3.05, 3.63) is 29.8 Å². The first kappa shape index (κ1) is 11.8. The number of nitrogens with zero attached hydrogens (tertiary/aromatic N) is 1. The predicted octanol–water partition coefficient (Wildman–Crippen LogP) is 3.36. The first-order valence-electron chi connectivity index (χ1n) is 6.43. The number of Topliss-reactive ketones (excluding diaryl/α,β-unsaturated/α-hetero) is 1. The maximum absolute atomic E-state index is 12.0. The zero-order valence-corrected chi connectivity index (χ0v) is 11.0. The minimum absolute atomic E-state index is 0.168. The Morgan fingerprint density at radius 3 is 2.94 bits per heavy atom. The van der Waals surface area contributed by atoms with Crippen molar-refractivity contribution in [3.63, 3.8) is 0 Å². The molecule has 1 fully saturated rings. The fraction of sp³-hybridized carbons (Fsp3) is 0.467. The summed E-state index contributed by atoms with van der Waals surface area (Å²) in [5.41, 5.74) is 0.686. The standard InChI is InChI=1S/C15H15NOS/c16-10-15(7-3-6-14(15)17)9-12-8-11-4-1-2-5-13(11)18-12/h1-2,4-5,12H,3,6-9H2. The molecule has 2 nitrogen and oxygen atoms in total. The molecule has 1 aliphatic carbocycles. The molecule has 0 radical (unpaired) electrons. The van der Waals surface area contributed by atoms with Crippen molar-refractivity contribution in [2.75, 3.05) is 0 Å². The lowest BCUT2D eigenvalue weighted by molar-refractivity contribution is -0.123. The Bertz CT molecular complexity index is 509. The Labute approximate surface area is 111 Å². The number of hydrogen-bond donors (Lipinski definition) is 0. The summed E-state index contributed by atoms with van der Waals surface area (Å²) < 4.78 is 0. The summed E-state index contributed by atoms with van der Waals surface area (Å²) in [6.45, 7) is 0. The second-order valence-corrected chi connectivity index (χ2v) is 6.57. The van der Waals surface area contributed by atoms with Crippen molar-refractivity contribution in [1.29, 1.82) is 5.26 Å². The summed E-state index contributed by atoms with van der Waals surface area (Å²) in [5, 5.41) is 9.78. The molecule has 2 atom stereocenters. The van der Waals surface area contributed by atoms with Gasteiger partial charge < -0.3 is 0 Å². The Hall–Kier alpha value is -1.27. The van der Waals surface area contributed by atoms with Gasteiger partial charge in [0.2, 0.25) is 0 Å². The quantitative estimate of drug-likeness (QED) is 0.815. The van der Waals surface area contributed by atoms with Gasteiger partial charge in [0.15, 0.2) is 5.78 Å². The molecular formula is C15H15NOS. The van der Waals surface area contributed by atoms with Gasteiger partial charge in [-0.2, -0.15) is 5.26 Å². The third-order valence-electron chi connectivity index (χ3n) is 4.05. The molecule has 2 unspecified atom stereocenters. The number of ketones is 1. The van der Waals surface area contributed by atoms with Crippen molar-refractivity contribution >= 4 is 17.5 Å². The van der Waals surface area contributed by atoms with Gasteiger partial charge in [0.1, 0.15) is 5.41 Å². The zero-order chi connectivity index (χ0) is 12.6. The van der Waals surface area contributed by atoms with E-state index in [1.165, 1.54) is 10.5 Å². The summed E-state index contributed by atoms with van der Waals surface area (Å²) in [4.78, 5) is 13.3. The lowest BCUT2D eigenvalue weighted by Gasteiger charge is -2.21. The minimum Gasteiger partial charge on any atom is -0.298 e. The topological polar surface area (TPSA) is 40.9 Å². The van der Waals surface area contributed by atoms with Crippen molar-refractivity contribution in [1.82, 2.24) is 0 Å². The largest absolute Gasteiger partial charge is 0.298 e. The van der Waals surface area contributed by atoms with Gasteiger partial charge in [-0.05, 0) is 37.3 Å². The SMILES string of the molecule is N#CC1(CC2Cc3ccccc3S2)CCCC1=O. The van der Waals surface area contributed by atoms with E-state index >= 15 is 0 Å². The molecule has 0 spiro atoms. The van der Waals surface area contributed by atoms with Gasteiger partial charge >= 0.3 is 0 Å². The summed E-state index contributed by atoms with van der Waals surface area (Å²) in [6.07, 6.45) is 3.96. The van der Waals surface area contributed by atoms with E-state index in [2.05, 4.69) is 30.3 Å². The van der Waals surface area contributed by atoms with Gasteiger partial charge in [-0.15, -0.1) is 11.8 Å². The fourth-order valence-corrected chi connectivity index (χ4v) is 4.52. The maximum Gasteiger partial charge on any atom is 0.153 e. The average molecular weight is 257 g/mol. The van der Waals surface area contributed by atoms with Gasteiger partial charge in [0, 0.05) is 16.6 Å². The normalized spacial score (nSPS) is 30.2. The lowest BCUT2D eigenvalue weighted by atomic mass is 9.81. The molecule has 1 aromatic carbocycles. The summed E-state index contributed by atoms with van der Waals surface area (Å²) >= 11 is 1.84. The van der Waals surface area contributed by atoms with Crippen LogP contribution in [0.4, 0.5) is 0 Å². The lowest BCUT2D eigenvalue weighted by Crippen LogP contribution is -2.28. The van der Waals surface area contributed by atoms with Crippen LogP contribution in [-0.4, -0.2) is 11.0 Å². The van der Waals surface area contributed by atoms with Gasteiger partial charge in [0.25, 0.3) is 0 Å². The molecule has 92 valence electrons. The highest BCUT2D eigenvalue weighted by Gasteiger charge is 2.44. The van der Waals surface area contributed by atoms with E-state index in [0.29, 0.717) is 11.7 Å². The second-order valence-electron chi connectivity index (χ2n) is 5.23. The van der Waals surface area contributed by atoms with Crippen LogP contribution < -0.4 is 0 Å². The number of carbonyl (C=O) groups is 1. The van der Waals surface area contributed by atoms with Crippen LogP contribution in [0.15, 0.2) is 29.2 Å². The molecule has 1 aromatic rings. The molecule has 0 amide bonds. The van der Waals surface area contributed by atoms with Crippen LogP contribution in [0.1, 0.15) is 31.2 Å². The summed E-state index contributed by atoms with van der Waals surface area (Å²) in [7, 11) is 0. The van der Waals surface area contributed by atoms with Crippen molar-refractivity contribution in [2.45, 2.75) is 42.2 Å². The highest BCUT2D eigenvalue weighted by molar-refractivity contribution is 8.00. The average Bonchev–Trinajstić information content (AvgIpc) is 2.94. The van der Waals surface area contributed by atoms with Crippen LogP contribution in [0, 0.1) is 16.7 Å². The summed E-state index contributed by atoms with van der Waals surface area (Å²) in [6, 6.07) is 10.7. The smallest absolute Gasteiger partial charge is 0.153 e. The van der Waals surface area contributed by atoms with Crippen LogP contribution in [0.25, 0.3) is 0 Å². The molecule has 1 heterocycles. The number of nitriles is 1. The Balaban J connectivity index is 1.76. The van der Waals surface area contributed by atoms with E-state index in [4.69, 9.17) is 0 Å². The number of fused-ring (bicyclic) bond motifs is 1. The fourth-order valence-electron chi connectivity index (χ4n) is 3.07. The second kappa shape index (κ2) is 4.44. The van der Waals surface area contributed by atoms with Gasteiger partial charge in [0.05, 0.1) is 6.07 Å². The van der Waals surface area contributed by atoms with Crippen molar-refractivity contribution in [2.24, 2.45) is 5.41 Å². The van der Waals surface area contributed by atoms with Crippen LogP contribution >= 0.6 is 11.8 Å². The summed E-state index contributed by atoms with van der Waals surface area (Å²) in [5.74, 6) is 0.168. The zero-order valence-electron chi connectivity index (χ0n) is 10.2. The molecule has 1 saturated carbocycles.